The fraction of sp³-hybridized carbons (Fsp3) is 0.440. The number of anilines is 1. The third kappa shape index (κ3) is 4.75. The van der Waals surface area contributed by atoms with Crippen LogP contribution in [0, 0.1) is 23.2 Å². The van der Waals surface area contributed by atoms with Gasteiger partial charge < -0.3 is 36.1 Å². The van der Waals surface area contributed by atoms with Crippen molar-refractivity contribution in [1.29, 1.82) is 0 Å². The highest BCUT2D eigenvalue weighted by Crippen LogP contribution is 2.69. The number of nitrogens with zero attached hydrogens (tertiary/aromatic N) is 4. The number of thiophene rings is 1. The number of halogens is 1. The standard InChI is InChI=1S/C25H27ClN8O5S/c1-3-30-22-18-23(33-15(32-22)7-5-12-4-6-14(26)40-12)34(11-31-18)19-13-8-25(13,24(37)29-2)21(39-17(36)10-28)20(19)38-16(35)9-27/h4,6,11,13,19-21H,3,8-10,27-28H2,1-2H3,(H,29,37)(H,30,32,33). The number of hydrogen-bond acceptors (Lipinski definition) is 12. The second-order valence-corrected chi connectivity index (χ2v) is 11.0. The number of carbonyl (C=O) groups is 3. The van der Waals surface area contributed by atoms with Gasteiger partial charge in [0.25, 0.3) is 0 Å². The molecule has 1 amide bonds. The Balaban J connectivity index is 1.64. The van der Waals surface area contributed by atoms with Gasteiger partial charge in [0.2, 0.25) is 11.7 Å². The zero-order valence-corrected chi connectivity index (χ0v) is 23.2. The van der Waals surface area contributed by atoms with Crippen LogP contribution in [0.1, 0.15) is 30.1 Å². The minimum atomic E-state index is -1.13. The van der Waals surface area contributed by atoms with Gasteiger partial charge in [-0.25, -0.2) is 15.0 Å². The summed E-state index contributed by atoms with van der Waals surface area (Å²) in [4.78, 5) is 52.4. The second kappa shape index (κ2) is 11.0. The Kier molecular flexibility index (Phi) is 7.65. The molecular weight excluding hydrogens is 560 g/mol. The summed E-state index contributed by atoms with van der Waals surface area (Å²) in [6, 6.07) is 2.90. The van der Waals surface area contributed by atoms with E-state index in [0.717, 1.165) is 4.88 Å². The van der Waals surface area contributed by atoms with Crippen molar-refractivity contribution in [3.8, 4) is 11.8 Å². The predicted octanol–water partition coefficient (Wildman–Crippen LogP) is 0.421. The predicted molar refractivity (Wildman–Crippen MR) is 146 cm³/mol. The maximum Gasteiger partial charge on any atom is 0.320 e. The summed E-state index contributed by atoms with van der Waals surface area (Å²) in [5.41, 5.74) is 10.8. The Morgan fingerprint density at radius 3 is 2.60 bits per heavy atom. The summed E-state index contributed by atoms with van der Waals surface area (Å²) < 4.78 is 13.7. The fourth-order valence-electron chi connectivity index (χ4n) is 5.41. The molecule has 0 spiro atoms. The smallest absolute Gasteiger partial charge is 0.320 e. The minimum Gasteiger partial charge on any atom is -0.456 e. The molecule has 0 radical (unpaired) electrons. The molecule has 2 saturated carbocycles. The largest absolute Gasteiger partial charge is 0.456 e. The first-order chi connectivity index (χ1) is 19.3. The molecular formula is C25H27ClN8O5S. The highest BCUT2D eigenvalue weighted by molar-refractivity contribution is 7.16. The summed E-state index contributed by atoms with van der Waals surface area (Å²) in [7, 11) is 1.50. The molecule has 2 aliphatic rings. The van der Waals surface area contributed by atoms with Crippen LogP contribution < -0.4 is 22.1 Å². The van der Waals surface area contributed by atoms with Crippen molar-refractivity contribution in [2.75, 3.05) is 32.0 Å². The number of imidazole rings is 1. The molecule has 0 aromatic carbocycles. The molecule has 6 N–H and O–H groups in total. The van der Waals surface area contributed by atoms with Crippen LogP contribution in [0.2, 0.25) is 4.34 Å². The van der Waals surface area contributed by atoms with E-state index in [1.165, 1.54) is 18.4 Å². The lowest BCUT2D eigenvalue weighted by Crippen LogP contribution is -2.47. The maximum atomic E-state index is 13.2. The van der Waals surface area contributed by atoms with Crippen molar-refractivity contribution in [2.24, 2.45) is 22.8 Å². The molecule has 0 saturated heterocycles. The van der Waals surface area contributed by atoms with Crippen LogP contribution >= 0.6 is 22.9 Å². The molecule has 5 atom stereocenters. The van der Waals surface area contributed by atoms with Crippen LogP contribution in [0.5, 0.6) is 0 Å². The number of nitrogens with two attached hydrogens (primary N) is 2. The number of esters is 2. The average Bonchev–Trinajstić information content (AvgIpc) is 3.18. The Bertz CT molecular complexity index is 1550. The normalized spacial score (nSPS) is 24.5. The van der Waals surface area contributed by atoms with Crippen LogP contribution in [0.25, 0.3) is 11.2 Å². The Morgan fingerprint density at radius 1 is 1.20 bits per heavy atom. The summed E-state index contributed by atoms with van der Waals surface area (Å²) in [6.07, 6.45) is -0.220. The minimum absolute atomic E-state index is 0.225. The van der Waals surface area contributed by atoms with Crippen molar-refractivity contribution in [2.45, 2.75) is 31.6 Å². The van der Waals surface area contributed by atoms with Crippen molar-refractivity contribution >= 4 is 57.8 Å². The summed E-state index contributed by atoms with van der Waals surface area (Å²) in [6.45, 7) is 1.67. The van der Waals surface area contributed by atoms with Crippen molar-refractivity contribution in [3.63, 3.8) is 0 Å². The molecule has 0 aliphatic heterocycles. The van der Waals surface area contributed by atoms with Crippen LogP contribution in [-0.2, 0) is 23.9 Å². The van der Waals surface area contributed by atoms with Crippen molar-refractivity contribution in [1.82, 2.24) is 24.8 Å². The number of amides is 1. The quantitative estimate of drug-likeness (QED) is 0.211. The zero-order valence-electron chi connectivity index (χ0n) is 21.6. The number of fused-ring (bicyclic) bond motifs is 2. The summed E-state index contributed by atoms with van der Waals surface area (Å²) >= 11 is 7.36. The van der Waals surface area contributed by atoms with Crippen molar-refractivity contribution in [3.05, 3.63) is 33.5 Å². The molecule has 5 rings (SSSR count). The van der Waals surface area contributed by atoms with E-state index in [0.29, 0.717) is 34.3 Å². The first-order valence-corrected chi connectivity index (χ1v) is 13.7. The van der Waals surface area contributed by atoms with E-state index in [2.05, 4.69) is 37.4 Å². The highest BCUT2D eigenvalue weighted by Gasteiger charge is 2.78. The monoisotopic (exact) mass is 586 g/mol. The van der Waals surface area contributed by atoms with Gasteiger partial charge in [0.1, 0.15) is 0 Å². The van der Waals surface area contributed by atoms with E-state index < -0.39 is 48.7 Å². The zero-order chi connectivity index (χ0) is 28.6. The molecule has 13 nitrogen and oxygen atoms in total. The van der Waals surface area contributed by atoms with Gasteiger partial charge in [-0.2, -0.15) is 0 Å². The molecule has 3 aromatic rings. The molecule has 5 unspecified atom stereocenters. The lowest BCUT2D eigenvalue weighted by molar-refractivity contribution is -0.172. The summed E-state index contributed by atoms with van der Waals surface area (Å²) in [5.74, 6) is 4.53. The molecule has 2 fully saturated rings. The van der Waals surface area contributed by atoms with E-state index in [1.807, 2.05) is 6.92 Å². The molecule has 3 heterocycles. The van der Waals surface area contributed by atoms with Gasteiger partial charge in [0.05, 0.1) is 40.1 Å². The van der Waals surface area contributed by atoms with Gasteiger partial charge in [-0.1, -0.05) is 11.6 Å². The third-order valence-electron chi connectivity index (χ3n) is 7.08. The fourth-order valence-corrected chi connectivity index (χ4v) is 6.30. The maximum absolute atomic E-state index is 13.2. The number of aromatic nitrogens is 4. The molecule has 2 aliphatic carbocycles. The van der Waals surface area contributed by atoms with Gasteiger partial charge in [0.15, 0.2) is 29.2 Å². The molecule has 15 heteroatoms. The highest BCUT2D eigenvalue weighted by atomic mass is 35.5. The summed E-state index contributed by atoms with van der Waals surface area (Å²) in [5, 5.41) is 5.84. The Labute approximate surface area is 238 Å². The molecule has 3 aromatic heterocycles. The van der Waals surface area contributed by atoms with Crippen LogP contribution in [0.3, 0.4) is 0 Å². The average molecular weight is 587 g/mol. The first-order valence-electron chi connectivity index (χ1n) is 12.5. The second-order valence-electron chi connectivity index (χ2n) is 9.30. The van der Waals surface area contributed by atoms with Gasteiger partial charge in [-0.3, -0.25) is 14.4 Å². The van der Waals surface area contributed by atoms with Gasteiger partial charge in [0, 0.05) is 19.5 Å². The number of rotatable bonds is 8. The van der Waals surface area contributed by atoms with Crippen LogP contribution in [-0.4, -0.2) is 76.3 Å². The topological polar surface area (TPSA) is 189 Å². The van der Waals surface area contributed by atoms with Gasteiger partial charge in [-0.15, -0.1) is 11.3 Å². The van der Waals surface area contributed by atoms with E-state index >= 15 is 0 Å². The molecule has 0 bridgehead atoms. The Hall–Kier alpha value is -3.77. The lowest BCUT2D eigenvalue weighted by atomic mass is 9.97. The van der Waals surface area contributed by atoms with E-state index in [9.17, 15) is 14.4 Å². The lowest BCUT2D eigenvalue weighted by Gasteiger charge is -2.30. The number of nitrogens with one attached hydrogen (secondary N) is 2. The van der Waals surface area contributed by atoms with Crippen molar-refractivity contribution < 1.29 is 23.9 Å². The first kappa shape index (κ1) is 27.8. The Morgan fingerprint density at radius 2 is 1.95 bits per heavy atom. The SMILES string of the molecule is CCNc1nc(C#Cc2ccc(Cl)s2)nc2c1ncn2C1C(OC(=O)CN)C(OC(=O)CN)C2(C(=O)NC)CC12. The van der Waals surface area contributed by atoms with Crippen LogP contribution in [0.4, 0.5) is 5.82 Å². The van der Waals surface area contributed by atoms with E-state index in [4.69, 9.17) is 32.5 Å². The molecule has 210 valence electrons. The number of ether oxygens (including phenoxy) is 2. The number of hydrogen-bond donors (Lipinski definition) is 4. The molecule has 40 heavy (non-hydrogen) atoms. The van der Waals surface area contributed by atoms with E-state index in [1.54, 1.807) is 23.0 Å². The van der Waals surface area contributed by atoms with Gasteiger partial charge in [-0.05, 0) is 37.3 Å². The third-order valence-corrected chi connectivity index (χ3v) is 8.23. The number of carbonyl (C=O) groups excluding carboxylic acids is 3. The van der Waals surface area contributed by atoms with Gasteiger partial charge >= 0.3 is 11.9 Å². The van der Waals surface area contributed by atoms with E-state index in [-0.39, 0.29) is 17.6 Å². The van der Waals surface area contributed by atoms with Crippen LogP contribution in [0.15, 0.2) is 18.5 Å².